The van der Waals surface area contributed by atoms with Gasteiger partial charge < -0.3 is 19.8 Å². The number of hydrogen-bond acceptors (Lipinski definition) is 3. The lowest BCUT2D eigenvalue weighted by atomic mass is 9.95. The molecule has 0 fully saturated rings. The van der Waals surface area contributed by atoms with Crippen LogP contribution in [0.15, 0.2) is 12.2 Å². The van der Waals surface area contributed by atoms with Crippen molar-refractivity contribution in [2.45, 2.75) is 79.1 Å². The molecular weight excluding hydrogens is 398 g/mol. The fourth-order valence-electron chi connectivity index (χ4n) is 4.15. The van der Waals surface area contributed by atoms with E-state index < -0.39 is 35.7 Å². The third-order valence-electron chi connectivity index (χ3n) is 6.24. The quantitative estimate of drug-likeness (QED) is 0.152. The molecule has 0 spiro atoms. The lowest BCUT2D eigenvalue weighted by molar-refractivity contribution is -0.935. The Balaban J connectivity index is 5.82. The third-order valence-corrected chi connectivity index (χ3v) is 6.24. The highest BCUT2D eigenvalue weighted by molar-refractivity contribution is 5.71. The predicted octanol–water partition coefficient (Wildman–Crippen LogP) is 4.66. The Kier molecular flexibility index (Phi) is 14.9. The first kappa shape index (κ1) is 29.1. The van der Waals surface area contributed by atoms with Crippen molar-refractivity contribution in [2.75, 3.05) is 26.2 Å². The highest BCUT2D eigenvalue weighted by Crippen LogP contribution is 2.25. The van der Waals surface area contributed by atoms with Gasteiger partial charge in [-0.05, 0) is 32.1 Å². The number of carboxylic acid groups (broad SMARTS) is 3. The summed E-state index contributed by atoms with van der Waals surface area (Å²) in [5.74, 6) is -4.60. The number of quaternary nitrogens is 1. The first-order chi connectivity index (χ1) is 14.7. The van der Waals surface area contributed by atoms with Gasteiger partial charge in [0.1, 0.15) is 17.8 Å². The molecule has 0 amide bonds. The summed E-state index contributed by atoms with van der Waals surface area (Å²) in [6, 6.07) is 0. The van der Waals surface area contributed by atoms with Crippen LogP contribution in [0.4, 0.5) is 0 Å². The van der Waals surface area contributed by atoms with Crippen LogP contribution >= 0.6 is 0 Å². The number of aliphatic carboxylic acids is 3. The van der Waals surface area contributed by atoms with Gasteiger partial charge in [-0.25, -0.2) is 0 Å². The first-order valence-electron chi connectivity index (χ1n) is 11.8. The van der Waals surface area contributed by atoms with Crippen molar-refractivity contribution >= 4 is 17.9 Å². The van der Waals surface area contributed by atoms with E-state index in [1.165, 1.54) is 0 Å². The van der Waals surface area contributed by atoms with Crippen molar-refractivity contribution in [2.24, 2.45) is 17.8 Å². The van der Waals surface area contributed by atoms with Gasteiger partial charge in [-0.1, -0.05) is 52.7 Å². The van der Waals surface area contributed by atoms with Crippen LogP contribution in [0.5, 0.6) is 0 Å². The van der Waals surface area contributed by atoms with Crippen molar-refractivity contribution in [1.29, 1.82) is 0 Å². The molecule has 0 saturated carbocycles. The molecule has 0 aromatic rings. The summed E-state index contributed by atoms with van der Waals surface area (Å²) in [6.07, 6.45) is 10.5. The van der Waals surface area contributed by atoms with E-state index in [9.17, 15) is 29.7 Å². The van der Waals surface area contributed by atoms with E-state index in [0.29, 0.717) is 25.8 Å². The third kappa shape index (κ3) is 11.3. The van der Waals surface area contributed by atoms with E-state index >= 15 is 0 Å². The Morgan fingerprint density at radius 1 is 0.677 bits per heavy atom. The molecule has 3 atom stereocenters. The van der Waals surface area contributed by atoms with Crippen LogP contribution in [0.2, 0.25) is 0 Å². The summed E-state index contributed by atoms with van der Waals surface area (Å²) in [4.78, 5) is 35.4. The topological polar surface area (TPSA) is 112 Å². The molecule has 180 valence electrons. The Bertz CT molecular complexity index is 515. The highest BCUT2D eigenvalue weighted by atomic mass is 16.4. The summed E-state index contributed by atoms with van der Waals surface area (Å²) in [5, 5.41) is 29.0. The fraction of sp³-hybridized carbons (Fsp3) is 0.792. The summed E-state index contributed by atoms with van der Waals surface area (Å²) in [7, 11) is 0. The van der Waals surface area contributed by atoms with Crippen LogP contribution in [0.1, 0.15) is 79.1 Å². The maximum Gasteiger partial charge on any atom is 0.312 e. The summed E-state index contributed by atoms with van der Waals surface area (Å²) in [6.45, 7) is 8.95. The van der Waals surface area contributed by atoms with E-state index in [0.717, 1.165) is 32.1 Å². The highest BCUT2D eigenvalue weighted by Gasteiger charge is 2.40. The van der Waals surface area contributed by atoms with Crippen LogP contribution in [0.3, 0.4) is 0 Å². The lowest BCUT2D eigenvalue weighted by Crippen LogP contribution is -2.58. The van der Waals surface area contributed by atoms with Gasteiger partial charge in [-0.3, -0.25) is 14.4 Å². The van der Waals surface area contributed by atoms with Gasteiger partial charge in [0, 0.05) is 6.42 Å². The number of unbranched alkanes of at least 4 members (excludes halogenated alkanes) is 3. The van der Waals surface area contributed by atoms with Gasteiger partial charge in [0.25, 0.3) is 0 Å². The maximum absolute atomic E-state index is 11.8. The fourth-order valence-corrected chi connectivity index (χ4v) is 4.15. The van der Waals surface area contributed by atoms with Crippen molar-refractivity contribution in [1.82, 2.24) is 0 Å². The molecule has 31 heavy (non-hydrogen) atoms. The van der Waals surface area contributed by atoms with E-state index in [4.69, 9.17) is 0 Å². The molecule has 0 aliphatic rings. The van der Waals surface area contributed by atoms with Gasteiger partial charge in [-0.2, -0.15) is 0 Å². The van der Waals surface area contributed by atoms with Crippen LogP contribution in [-0.2, 0) is 14.4 Å². The lowest BCUT2D eigenvalue weighted by Gasteiger charge is -2.43. The minimum atomic E-state index is -0.906. The minimum absolute atomic E-state index is 0.225. The molecular formula is C24H44NO6+. The second kappa shape index (κ2) is 15.8. The van der Waals surface area contributed by atoms with Crippen LogP contribution in [-0.4, -0.2) is 63.9 Å². The number of carboxylic acids is 3. The van der Waals surface area contributed by atoms with Gasteiger partial charge in [0.2, 0.25) is 0 Å². The largest absolute Gasteiger partial charge is 0.481 e. The Hall–Kier alpha value is -1.89. The molecule has 0 aromatic carbocycles. The van der Waals surface area contributed by atoms with Gasteiger partial charge >= 0.3 is 17.9 Å². The van der Waals surface area contributed by atoms with Crippen molar-refractivity contribution in [3.05, 3.63) is 12.2 Å². The van der Waals surface area contributed by atoms with E-state index in [-0.39, 0.29) is 24.1 Å². The second-order valence-electron chi connectivity index (χ2n) is 8.70. The molecule has 7 nitrogen and oxygen atoms in total. The summed E-state index contributed by atoms with van der Waals surface area (Å²) < 4.78 is 0.225. The van der Waals surface area contributed by atoms with Gasteiger partial charge in [0.15, 0.2) is 0 Å². The van der Waals surface area contributed by atoms with E-state index in [1.54, 1.807) is 0 Å². The molecule has 0 aliphatic heterocycles. The second-order valence-corrected chi connectivity index (χ2v) is 8.70. The van der Waals surface area contributed by atoms with Crippen LogP contribution in [0, 0.1) is 17.8 Å². The monoisotopic (exact) mass is 442 g/mol. The normalized spacial score (nSPS) is 16.5. The Labute approximate surface area is 187 Å². The molecule has 0 aromatic heterocycles. The molecule has 7 heteroatoms. The zero-order valence-electron chi connectivity index (χ0n) is 19.9. The summed E-state index contributed by atoms with van der Waals surface area (Å²) >= 11 is 0. The smallest absolute Gasteiger partial charge is 0.312 e. The number of nitrogens with zero attached hydrogens (tertiary/aromatic N) is 1. The number of rotatable bonds is 19. The molecule has 0 radical (unpaired) electrons. The van der Waals surface area contributed by atoms with Crippen molar-refractivity contribution < 1.29 is 34.2 Å². The average Bonchev–Trinajstić information content (AvgIpc) is 2.72. The van der Waals surface area contributed by atoms with Crippen LogP contribution < -0.4 is 0 Å². The average molecular weight is 443 g/mol. The van der Waals surface area contributed by atoms with Crippen molar-refractivity contribution in [3.63, 3.8) is 0 Å². The molecule has 3 unspecified atom stereocenters. The number of hydrogen-bond donors (Lipinski definition) is 3. The molecule has 0 heterocycles. The summed E-state index contributed by atoms with van der Waals surface area (Å²) in [5.41, 5.74) is 0. The standard InChI is InChI=1S/C24H43NO6/c1-5-9-10-11-12-13-14-15-25(16-19(6-2)22(26)27,17-20(7-3)23(28)29)18-21(8-4)24(30)31/h11-12,19-21H,5-10,13-18H2,1-4H3,(H2-,26,27,28,29,30,31)/p+1/b12-11+. The maximum atomic E-state index is 11.8. The molecule has 0 bridgehead atoms. The van der Waals surface area contributed by atoms with Crippen LogP contribution in [0.25, 0.3) is 0 Å². The minimum Gasteiger partial charge on any atom is -0.481 e. The molecule has 3 N–H and O–H groups in total. The zero-order chi connectivity index (χ0) is 23.9. The predicted molar refractivity (Wildman–Crippen MR) is 122 cm³/mol. The molecule has 0 rings (SSSR count). The zero-order valence-corrected chi connectivity index (χ0v) is 19.9. The van der Waals surface area contributed by atoms with E-state index in [1.807, 2.05) is 20.8 Å². The first-order valence-corrected chi connectivity index (χ1v) is 11.8. The molecule has 0 saturated heterocycles. The Morgan fingerprint density at radius 2 is 1.03 bits per heavy atom. The SMILES string of the molecule is CCCC/C=C/CCC[N+](CC(CC)C(=O)O)(CC(CC)C(=O)O)CC(CC)C(=O)O. The van der Waals surface area contributed by atoms with Crippen molar-refractivity contribution in [3.8, 4) is 0 Å². The van der Waals surface area contributed by atoms with Gasteiger partial charge in [-0.15, -0.1) is 0 Å². The van der Waals surface area contributed by atoms with E-state index in [2.05, 4.69) is 19.1 Å². The Morgan fingerprint density at radius 3 is 1.32 bits per heavy atom. The number of carbonyl (C=O) groups is 3. The molecule has 0 aliphatic carbocycles. The number of allylic oxidation sites excluding steroid dienone is 2. The van der Waals surface area contributed by atoms with Gasteiger partial charge in [0.05, 0.1) is 26.2 Å².